The van der Waals surface area contributed by atoms with Crippen LogP contribution in [0.4, 0.5) is 16.3 Å². The quantitative estimate of drug-likeness (QED) is 0.783. The van der Waals surface area contributed by atoms with Crippen LogP contribution in [0.2, 0.25) is 0 Å². The zero-order chi connectivity index (χ0) is 13.3. The van der Waals surface area contributed by atoms with Crippen LogP contribution in [0.1, 0.15) is 13.8 Å². The van der Waals surface area contributed by atoms with Crippen molar-refractivity contribution in [1.29, 1.82) is 0 Å². The Bertz CT molecular complexity index is 434. The molecule has 2 rings (SSSR count). The molecule has 0 bridgehead atoms. The van der Waals surface area contributed by atoms with Gasteiger partial charge in [-0.15, -0.1) is 0 Å². The highest BCUT2D eigenvalue weighted by atomic mass is 16.4. The van der Waals surface area contributed by atoms with E-state index in [1.54, 1.807) is 6.20 Å². The predicted molar refractivity (Wildman–Crippen MR) is 69.7 cm³/mol. The summed E-state index contributed by atoms with van der Waals surface area (Å²) < 4.78 is 0. The first-order valence-electron chi connectivity index (χ1n) is 5.96. The Labute approximate surface area is 106 Å². The summed E-state index contributed by atoms with van der Waals surface area (Å²) in [6, 6.07) is 3.74. The minimum absolute atomic E-state index is 0.0435. The maximum Gasteiger partial charge on any atom is 0.407 e. The molecule has 6 heteroatoms. The van der Waals surface area contributed by atoms with Gasteiger partial charge >= 0.3 is 6.09 Å². The number of hydrogen-bond acceptors (Lipinski definition) is 4. The van der Waals surface area contributed by atoms with Crippen LogP contribution in [0.15, 0.2) is 18.3 Å². The largest absolute Gasteiger partial charge is 0.465 e. The number of anilines is 2. The van der Waals surface area contributed by atoms with Crippen LogP contribution in [-0.2, 0) is 0 Å². The zero-order valence-corrected chi connectivity index (χ0v) is 10.6. The van der Waals surface area contributed by atoms with E-state index in [9.17, 15) is 4.79 Å². The second-order valence-corrected chi connectivity index (χ2v) is 4.74. The molecule has 0 aliphatic carbocycles. The summed E-state index contributed by atoms with van der Waals surface area (Å²) in [6.45, 7) is 5.04. The lowest BCUT2D eigenvalue weighted by atomic mass is 10.1. The minimum atomic E-state index is -0.862. The summed E-state index contributed by atoms with van der Waals surface area (Å²) in [4.78, 5) is 19.0. The van der Waals surface area contributed by atoms with Crippen molar-refractivity contribution in [2.75, 3.05) is 23.7 Å². The number of hydrogen-bond donors (Lipinski definition) is 2. The van der Waals surface area contributed by atoms with E-state index in [1.165, 1.54) is 4.90 Å². The predicted octanol–water partition coefficient (Wildman–Crippen LogP) is 1.24. The van der Waals surface area contributed by atoms with Crippen molar-refractivity contribution in [3.8, 4) is 0 Å². The van der Waals surface area contributed by atoms with E-state index in [0.717, 1.165) is 5.82 Å². The van der Waals surface area contributed by atoms with Crippen molar-refractivity contribution in [3.05, 3.63) is 18.3 Å². The number of piperazine rings is 1. The molecule has 2 atom stereocenters. The molecule has 2 unspecified atom stereocenters. The second-order valence-electron chi connectivity index (χ2n) is 4.74. The van der Waals surface area contributed by atoms with Crippen molar-refractivity contribution in [2.45, 2.75) is 25.9 Å². The zero-order valence-electron chi connectivity index (χ0n) is 10.6. The van der Waals surface area contributed by atoms with E-state index in [-0.39, 0.29) is 12.1 Å². The normalized spacial score (nSPS) is 24.1. The summed E-state index contributed by atoms with van der Waals surface area (Å²) >= 11 is 0. The summed E-state index contributed by atoms with van der Waals surface area (Å²) in [5, 5.41) is 9.09. The summed E-state index contributed by atoms with van der Waals surface area (Å²) in [5.74, 6) is 0.841. The fraction of sp³-hybridized carbons (Fsp3) is 0.500. The van der Waals surface area contributed by atoms with Gasteiger partial charge in [0.2, 0.25) is 0 Å². The lowest BCUT2D eigenvalue weighted by molar-refractivity contribution is 0.114. The average molecular weight is 250 g/mol. The highest BCUT2D eigenvalue weighted by Gasteiger charge is 2.32. The summed E-state index contributed by atoms with van der Waals surface area (Å²) in [6.07, 6.45) is 0.760. The molecule has 0 saturated carbocycles. The molecular formula is C12H18N4O2. The van der Waals surface area contributed by atoms with Gasteiger partial charge in [0.1, 0.15) is 5.82 Å². The summed E-state index contributed by atoms with van der Waals surface area (Å²) in [7, 11) is 0. The van der Waals surface area contributed by atoms with Crippen molar-refractivity contribution in [3.63, 3.8) is 0 Å². The van der Waals surface area contributed by atoms with Gasteiger partial charge in [-0.25, -0.2) is 9.78 Å². The topological polar surface area (TPSA) is 82.7 Å². The van der Waals surface area contributed by atoms with Gasteiger partial charge in [0, 0.05) is 25.2 Å². The number of amides is 1. The fourth-order valence-electron chi connectivity index (χ4n) is 2.28. The van der Waals surface area contributed by atoms with Gasteiger partial charge in [-0.05, 0) is 26.0 Å². The number of aromatic nitrogens is 1. The van der Waals surface area contributed by atoms with E-state index in [0.29, 0.717) is 18.8 Å². The van der Waals surface area contributed by atoms with Gasteiger partial charge in [-0.3, -0.25) is 0 Å². The first kappa shape index (κ1) is 12.5. The highest BCUT2D eigenvalue weighted by molar-refractivity contribution is 5.66. The third-order valence-electron chi connectivity index (χ3n) is 3.30. The Morgan fingerprint density at radius 1 is 1.39 bits per heavy atom. The standard InChI is InChI=1S/C12H18N4O2/c1-8-7-16(12(17)18)9(2)6-15(8)11-4-3-10(13)5-14-11/h3-5,8-9H,6-7,13H2,1-2H3,(H,17,18). The molecule has 0 aromatic carbocycles. The maximum absolute atomic E-state index is 11.1. The van der Waals surface area contributed by atoms with E-state index in [4.69, 9.17) is 10.8 Å². The number of rotatable bonds is 1. The van der Waals surface area contributed by atoms with Crippen LogP contribution in [0.25, 0.3) is 0 Å². The van der Waals surface area contributed by atoms with Crippen LogP contribution < -0.4 is 10.6 Å². The van der Waals surface area contributed by atoms with Gasteiger partial charge < -0.3 is 20.6 Å². The Hall–Kier alpha value is -1.98. The smallest absolute Gasteiger partial charge is 0.407 e. The monoisotopic (exact) mass is 250 g/mol. The number of carboxylic acid groups (broad SMARTS) is 1. The van der Waals surface area contributed by atoms with Crippen LogP contribution in [0.3, 0.4) is 0 Å². The molecule has 1 aliphatic rings. The Morgan fingerprint density at radius 2 is 2.11 bits per heavy atom. The molecule has 0 radical (unpaired) electrons. The maximum atomic E-state index is 11.1. The molecule has 1 saturated heterocycles. The first-order chi connectivity index (χ1) is 8.49. The van der Waals surface area contributed by atoms with Crippen LogP contribution in [0, 0.1) is 0 Å². The average Bonchev–Trinajstić information content (AvgIpc) is 2.32. The van der Waals surface area contributed by atoms with Gasteiger partial charge in [0.15, 0.2) is 0 Å². The molecule has 1 amide bonds. The highest BCUT2D eigenvalue weighted by Crippen LogP contribution is 2.22. The van der Waals surface area contributed by atoms with Gasteiger partial charge in [0.05, 0.1) is 11.9 Å². The first-order valence-corrected chi connectivity index (χ1v) is 5.96. The van der Waals surface area contributed by atoms with E-state index >= 15 is 0 Å². The molecule has 2 heterocycles. The molecule has 98 valence electrons. The molecule has 6 nitrogen and oxygen atoms in total. The van der Waals surface area contributed by atoms with E-state index < -0.39 is 6.09 Å². The number of carbonyl (C=O) groups is 1. The van der Waals surface area contributed by atoms with Gasteiger partial charge in [0.25, 0.3) is 0 Å². The van der Waals surface area contributed by atoms with Crippen LogP contribution in [0.5, 0.6) is 0 Å². The lowest BCUT2D eigenvalue weighted by Crippen LogP contribution is -2.58. The number of nitrogen functional groups attached to an aromatic ring is 1. The molecule has 0 spiro atoms. The molecule has 1 aromatic heterocycles. The molecule has 1 aromatic rings. The Kier molecular flexibility index (Phi) is 3.27. The SMILES string of the molecule is CC1CN(c2ccc(N)cn2)C(C)CN1C(=O)O. The van der Waals surface area contributed by atoms with E-state index in [2.05, 4.69) is 9.88 Å². The molecule has 18 heavy (non-hydrogen) atoms. The van der Waals surface area contributed by atoms with Crippen LogP contribution >= 0.6 is 0 Å². The van der Waals surface area contributed by atoms with Gasteiger partial charge in [-0.1, -0.05) is 0 Å². The Balaban J connectivity index is 2.16. The Morgan fingerprint density at radius 3 is 2.67 bits per heavy atom. The third kappa shape index (κ3) is 2.32. The number of nitrogens with two attached hydrogens (primary N) is 1. The molecule has 3 N–H and O–H groups in total. The third-order valence-corrected chi connectivity index (χ3v) is 3.30. The molecule has 1 fully saturated rings. The minimum Gasteiger partial charge on any atom is -0.465 e. The van der Waals surface area contributed by atoms with Crippen molar-refractivity contribution in [2.24, 2.45) is 0 Å². The van der Waals surface area contributed by atoms with Crippen molar-refractivity contribution >= 4 is 17.6 Å². The molecular weight excluding hydrogens is 232 g/mol. The second kappa shape index (κ2) is 4.72. The van der Waals surface area contributed by atoms with Crippen molar-refractivity contribution in [1.82, 2.24) is 9.88 Å². The van der Waals surface area contributed by atoms with Crippen molar-refractivity contribution < 1.29 is 9.90 Å². The summed E-state index contributed by atoms with van der Waals surface area (Å²) in [5.41, 5.74) is 6.24. The van der Waals surface area contributed by atoms with E-state index in [1.807, 2.05) is 26.0 Å². The van der Waals surface area contributed by atoms with Gasteiger partial charge in [-0.2, -0.15) is 0 Å². The number of nitrogens with zero attached hydrogens (tertiary/aromatic N) is 3. The fourth-order valence-corrected chi connectivity index (χ4v) is 2.28. The molecule has 1 aliphatic heterocycles. The van der Waals surface area contributed by atoms with Crippen LogP contribution in [-0.4, -0.2) is 46.3 Å². The number of pyridine rings is 1. The lowest BCUT2D eigenvalue weighted by Gasteiger charge is -2.43.